The number of aliphatic hydroxyl groups excluding tert-OH is 1. The predicted molar refractivity (Wildman–Crippen MR) is 91.0 cm³/mol. The average molecular weight is 324 g/mol. The molecule has 2 rings (SSSR count). The molecule has 0 amide bonds. The van der Waals surface area contributed by atoms with E-state index in [0.717, 1.165) is 16.7 Å². The smallest absolute Gasteiger partial charge is 0.161 e. The van der Waals surface area contributed by atoms with E-state index in [1.807, 2.05) is 36.4 Å². The van der Waals surface area contributed by atoms with Crippen molar-refractivity contribution in [3.8, 4) is 22.6 Å². The van der Waals surface area contributed by atoms with Gasteiger partial charge in [-0.1, -0.05) is 30.3 Å². The molecule has 1 unspecified atom stereocenters. The first-order valence-corrected chi connectivity index (χ1v) is 6.85. The first kappa shape index (κ1) is 18.3. The molecule has 120 valence electrons. The molecule has 0 radical (unpaired) electrons. The van der Waals surface area contributed by atoms with Crippen molar-refractivity contribution in [3.63, 3.8) is 0 Å². The van der Waals surface area contributed by atoms with Crippen molar-refractivity contribution in [2.75, 3.05) is 20.8 Å². The molecule has 5 heteroatoms. The molecule has 0 fully saturated rings. The highest BCUT2D eigenvalue weighted by Crippen LogP contribution is 2.32. The van der Waals surface area contributed by atoms with Gasteiger partial charge in [0.1, 0.15) is 0 Å². The van der Waals surface area contributed by atoms with E-state index in [-0.39, 0.29) is 25.1 Å². The molecule has 1 atom stereocenters. The zero-order valence-corrected chi connectivity index (χ0v) is 13.6. The highest BCUT2D eigenvalue weighted by Gasteiger charge is 2.08. The van der Waals surface area contributed by atoms with Gasteiger partial charge in [0.05, 0.1) is 20.8 Å². The van der Waals surface area contributed by atoms with Crippen LogP contribution in [0, 0.1) is 0 Å². The molecule has 0 aliphatic heterocycles. The van der Waals surface area contributed by atoms with E-state index in [9.17, 15) is 0 Å². The predicted octanol–water partition coefficient (Wildman–Crippen LogP) is 2.65. The van der Waals surface area contributed by atoms with Crippen LogP contribution >= 0.6 is 12.4 Å². The van der Waals surface area contributed by atoms with Gasteiger partial charge in [-0.25, -0.2) is 0 Å². The topological polar surface area (TPSA) is 64.7 Å². The van der Waals surface area contributed by atoms with E-state index in [1.54, 1.807) is 14.2 Å². The third-order valence-electron chi connectivity index (χ3n) is 3.38. The Bertz CT molecular complexity index is 604. The van der Waals surface area contributed by atoms with Gasteiger partial charge in [0.25, 0.3) is 0 Å². The molecule has 0 aromatic heterocycles. The van der Waals surface area contributed by atoms with E-state index in [1.165, 1.54) is 0 Å². The van der Waals surface area contributed by atoms with E-state index in [2.05, 4.69) is 6.07 Å². The molecule has 0 heterocycles. The van der Waals surface area contributed by atoms with Crippen molar-refractivity contribution < 1.29 is 14.6 Å². The van der Waals surface area contributed by atoms with E-state index < -0.39 is 0 Å². The van der Waals surface area contributed by atoms with Crippen molar-refractivity contribution in [3.05, 3.63) is 48.0 Å². The minimum atomic E-state index is -0.231. The normalized spacial score (nSPS) is 11.5. The van der Waals surface area contributed by atoms with Gasteiger partial charge >= 0.3 is 0 Å². The summed E-state index contributed by atoms with van der Waals surface area (Å²) in [4.78, 5) is 0. The Kier molecular flexibility index (Phi) is 7.18. The van der Waals surface area contributed by atoms with Crippen LogP contribution in [-0.4, -0.2) is 32.0 Å². The summed E-state index contributed by atoms with van der Waals surface area (Å²) in [6, 6.07) is 13.7. The zero-order chi connectivity index (χ0) is 15.2. The minimum absolute atomic E-state index is 0. The fourth-order valence-electron chi connectivity index (χ4n) is 2.26. The van der Waals surface area contributed by atoms with Crippen LogP contribution in [-0.2, 0) is 6.42 Å². The van der Waals surface area contributed by atoms with Crippen molar-refractivity contribution in [2.24, 2.45) is 5.73 Å². The first-order chi connectivity index (χ1) is 10.2. The lowest BCUT2D eigenvalue weighted by Gasteiger charge is -2.12. The van der Waals surface area contributed by atoms with Crippen molar-refractivity contribution in [1.29, 1.82) is 0 Å². The Hall–Kier alpha value is -1.75. The monoisotopic (exact) mass is 323 g/mol. The average Bonchev–Trinajstić information content (AvgIpc) is 2.54. The van der Waals surface area contributed by atoms with Gasteiger partial charge in [0.2, 0.25) is 0 Å². The number of ether oxygens (including phenoxy) is 2. The Labute approximate surface area is 137 Å². The molecule has 0 bridgehead atoms. The van der Waals surface area contributed by atoms with Crippen LogP contribution in [0.15, 0.2) is 42.5 Å². The number of methoxy groups -OCH3 is 2. The molecule has 2 aromatic rings. The number of aliphatic hydroxyl groups is 1. The van der Waals surface area contributed by atoms with Gasteiger partial charge < -0.3 is 20.3 Å². The Morgan fingerprint density at radius 2 is 1.68 bits per heavy atom. The molecule has 3 N–H and O–H groups in total. The number of halogens is 1. The lowest BCUT2D eigenvalue weighted by Crippen LogP contribution is -2.26. The number of rotatable bonds is 6. The van der Waals surface area contributed by atoms with Crippen molar-refractivity contribution in [1.82, 2.24) is 0 Å². The summed E-state index contributed by atoms with van der Waals surface area (Å²) in [6.45, 7) is -0.0133. The van der Waals surface area contributed by atoms with Crippen molar-refractivity contribution in [2.45, 2.75) is 12.5 Å². The zero-order valence-electron chi connectivity index (χ0n) is 12.8. The molecule has 0 aliphatic rings. The Morgan fingerprint density at radius 1 is 1.00 bits per heavy atom. The van der Waals surface area contributed by atoms with Gasteiger partial charge in [-0.3, -0.25) is 0 Å². The Morgan fingerprint density at radius 3 is 2.32 bits per heavy atom. The summed E-state index contributed by atoms with van der Waals surface area (Å²) in [5.41, 5.74) is 9.02. The number of benzene rings is 2. The standard InChI is InChI=1S/C17H21NO3.ClH/c1-20-16-7-6-14(10-17(16)21-2)13-5-3-4-12(8-13)9-15(18)11-19;/h3-8,10,15,19H,9,11,18H2,1-2H3;1H. The molecule has 2 aromatic carbocycles. The van der Waals surface area contributed by atoms with Crippen LogP contribution in [0.1, 0.15) is 5.56 Å². The van der Waals surface area contributed by atoms with E-state index in [4.69, 9.17) is 20.3 Å². The fraction of sp³-hybridized carbons (Fsp3) is 0.294. The fourth-order valence-corrected chi connectivity index (χ4v) is 2.26. The lowest BCUT2D eigenvalue weighted by molar-refractivity contribution is 0.265. The van der Waals surface area contributed by atoms with Crippen LogP contribution in [0.5, 0.6) is 11.5 Å². The van der Waals surface area contributed by atoms with E-state index in [0.29, 0.717) is 17.9 Å². The van der Waals surface area contributed by atoms with Crippen LogP contribution in [0.3, 0.4) is 0 Å². The molecule has 0 saturated carbocycles. The molecule has 0 spiro atoms. The van der Waals surface area contributed by atoms with Gasteiger partial charge in [-0.15, -0.1) is 12.4 Å². The molecule has 22 heavy (non-hydrogen) atoms. The highest BCUT2D eigenvalue weighted by atomic mass is 35.5. The quantitative estimate of drug-likeness (QED) is 0.857. The summed E-state index contributed by atoms with van der Waals surface area (Å²) in [6.07, 6.45) is 0.650. The largest absolute Gasteiger partial charge is 0.493 e. The van der Waals surface area contributed by atoms with Gasteiger partial charge in [0, 0.05) is 6.04 Å². The van der Waals surface area contributed by atoms with Crippen LogP contribution < -0.4 is 15.2 Å². The van der Waals surface area contributed by atoms with Gasteiger partial charge in [-0.2, -0.15) is 0 Å². The molecular formula is C17H22ClNO3. The number of nitrogens with two attached hydrogens (primary N) is 1. The second kappa shape index (κ2) is 8.63. The summed E-state index contributed by atoms with van der Waals surface area (Å²) in [7, 11) is 3.24. The number of hydrogen-bond donors (Lipinski definition) is 2. The first-order valence-electron chi connectivity index (χ1n) is 6.85. The number of hydrogen-bond acceptors (Lipinski definition) is 4. The van der Waals surface area contributed by atoms with Crippen LogP contribution in [0.2, 0.25) is 0 Å². The summed E-state index contributed by atoms with van der Waals surface area (Å²) < 4.78 is 10.6. The molecule has 0 saturated heterocycles. The third-order valence-corrected chi connectivity index (χ3v) is 3.38. The molecular weight excluding hydrogens is 302 g/mol. The second-order valence-corrected chi connectivity index (χ2v) is 4.92. The minimum Gasteiger partial charge on any atom is -0.493 e. The van der Waals surface area contributed by atoms with Gasteiger partial charge in [-0.05, 0) is 35.2 Å². The maximum absolute atomic E-state index is 9.05. The van der Waals surface area contributed by atoms with Gasteiger partial charge in [0.15, 0.2) is 11.5 Å². The van der Waals surface area contributed by atoms with Crippen molar-refractivity contribution >= 4 is 12.4 Å². The highest BCUT2D eigenvalue weighted by molar-refractivity contribution is 5.85. The SMILES string of the molecule is COc1ccc(-c2cccc(CC(N)CO)c2)cc1OC.Cl. The lowest BCUT2D eigenvalue weighted by atomic mass is 9.99. The van der Waals surface area contributed by atoms with Crippen LogP contribution in [0.4, 0.5) is 0 Å². The maximum atomic E-state index is 9.05. The summed E-state index contributed by atoms with van der Waals surface area (Å²) >= 11 is 0. The molecule has 0 aliphatic carbocycles. The second-order valence-electron chi connectivity index (χ2n) is 4.92. The summed E-state index contributed by atoms with van der Waals surface area (Å²) in [5, 5.41) is 9.05. The Balaban J connectivity index is 0.00000242. The third kappa shape index (κ3) is 4.37. The maximum Gasteiger partial charge on any atom is 0.161 e. The van der Waals surface area contributed by atoms with Crippen LogP contribution in [0.25, 0.3) is 11.1 Å². The molecule has 4 nitrogen and oxygen atoms in total. The summed E-state index contributed by atoms with van der Waals surface area (Å²) in [5.74, 6) is 1.41. The van der Waals surface area contributed by atoms with E-state index >= 15 is 0 Å².